The van der Waals surface area contributed by atoms with Gasteiger partial charge in [-0.2, -0.15) is 0 Å². The van der Waals surface area contributed by atoms with Gasteiger partial charge in [0.05, 0.1) is 14.8 Å². The molecule has 0 atom stereocenters. The molecule has 0 bridgehead atoms. The molecule has 1 saturated carbocycles. The molecule has 0 unspecified atom stereocenters. The maximum atomic E-state index is 11.8. The number of carboxylic acid groups (broad SMARTS) is 1. The number of thiazole rings is 1. The van der Waals surface area contributed by atoms with Crippen LogP contribution in [0.5, 0.6) is 5.75 Å². The number of benzene rings is 1. The van der Waals surface area contributed by atoms with Crippen LogP contribution < -0.4 is 10.5 Å². The number of nitrogens with zero attached hydrogens (tertiary/aromatic N) is 1. The molecule has 1 heterocycles. The predicted octanol–water partition coefficient (Wildman–Crippen LogP) is 2.46. The molecule has 5 N–H and O–H groups in total. The highest BCUT2D eigenvalue weighted by atomic mass is 32.2. The van der Waals surface area contributed by atoms with Gasteiger partial charge in [-0.1, -0.05) is 0 Å². The minimum Gasteiger partial charge on any atom is -0.508 e. The first-order chi connectivity index (χ1) is 12.2. The fourth-order valence-electron chi connectivity index (χ4n) is 3.21. The van der Waals surface area contributed by atoms with Gasteiger partial charge in [0.15, 0.2) is 0 Å². The molecule has 3 rings (SSSR count). The molecule has 1 aliphatic rings. The molecule has 140 valence electrons. The number of primary sulfonamides is 1. The van der Waals surface area contributed by atoms with E-state index < -0.39 is 16.1 Å². The Morgan fingerprint density at radius 1 is 1.27 bits per heavy atom. The first-order valence-electron chi connectivity index (χ1n) is 8.05. The lowest BCUT2D eigenvalue weighted by molar-refractivity contribution is 0.185. The number of hydrogen-bond acceptors (Lipinski definition) is 6. The Hall–Kier alpha value is -2.17. The van der Waals surface area contributed by atoms with E-state index >= 15 is 0 Å². The lowest BCUT2D eigenvalue weighted by atomic mass is 9.86. The second kappa shape index (κ2) is 7.22. The molecule has 0 saturated heterocycles. The van der Waals surface area contributed by atoms with Crippen molar-refractivity contribution in [2.24, 2.45) is 5.14 Å². The van der Waals surface area contributed by atoms with E-state index in [0.717, 1.165) is 36.8 Å². The molecular formula is C16H19N3O5S2. The Kier molecular flexibility index (Phi) is 5.17. The van der Waals surface area contributed by atoms with Crippen LogP contribution in [0.4, 0.5) is 4.79 Å². The summed E-state index contributed by atoms with van der Waals surface area (Å²) in [5.74, 6) is 0.0439. The summed E-state index contributed by atoms with van der Waals surface area (Å²) in [6.07, 6.45) is 3.72. The van der Waals surface area contributed by atoms with Crippen LogP contribution in [0.1, 0.15) is 36.6 Å². The third kappa shape index (κ3) is 4.14. The van der Waals surface area contributed by atoms with Crippen LogP contribution in [0, 0.1) is 0 Å². The molecule has 0 radical (unpaired) electrons. The molecule has 1 aromatic carbocycles. The third-order valence-corrected chi connectivity index (χ3v) is 6.61. The van der Waals surface area contributed by atoms with Crippen molar-refractivity contribution in [1.82, 2.24) is 10.3 Å². The van der Waals surface area contributed by atoms with E-state index in [2.05, 4.69) is 10.3 Å². The van der Waals surface area contributed by atoms with E-state index in [1.165, 1.54) is 23.5 Å². The number of rotatable bonds is 4. The van der Waals surface area contributed by atoms with Gasteiger partial charge in [0.1, 0.15) is 5.75 Å². The Morgan fingerprint density at radius 2 is 1.96 bits per heavy atom. The van der Waals surface area contributed by atoms with Crippen molar-refractivity contribution in [3.8, 4) is 16.2 Å². The van der Waals surface area contributed by atoms with E-state index in [1.54, 1.807) is 6.20 Å². The third-order valence-electron chi connectivity index (χ3n) is 4.46. The van der Waals surface area contributed by atoms with Crippen molar-refractivity contribution in [2.45, 2.75) is 42.5 Å². The second-order valence-corrected chi connectivity index (χ2v) is 8.88. The average molecular weight is 397 g/mol. The summed E-state index contributed by atoms with van der Waals surface area (Å²) in [5.41, 5.74) is 0.412. The summed E-state index contributed by atoms with van der Waals surface area (Å²) in [6, 6.07) is 4.02. The van der Waals surface area contributed by atoms with Gasteiger partial charge < -0.3 is 15.5 Å². The maximum Gasteiger partial charge on any atom is 0.404 e. The molecule has 8 nitrogen and oxygen atoms in total. The Morgan fingerprint density at radius 3 is 2.58 bits per heavy atom. The van der Waals surface area contributed by atoms with Gasteiger partial charge in [-0.05, 0) is 37.8 Å². The fraction of sp³-hybridized carbons (Fsp3) is 0.375. The van der Waals surface area contributed by atoms with E-state index in [4.69, 9.17) is 10.2 Å². The highest BCUT2D eigenvalue weighted by Crippen LogP contribution is 2.39. The van der Waals surface area contributed by atoms with Crippen LogP contribution in [-0.2, 0) is 10.0 Å². The summed E-state index contributed by atoms with van der Waals surface area (Å²) in [4.78, 5) is 15.7. The second-order valence-electron chi connectivity index (χ2n) is 6.29. The summed E-state index contributed by atoms with van der Waals surface area (Å²) in [5, 5.41) is 27.0. The van der Waals surface area contributed by atoms with Crippen LogP contribution in [-0.4, -0.2) is 35.7 Å². The van der Waals surface area contributed by atoms with Crippen molar-refractivity contribution >= 4 is 27.5 Å². The van der Waals surface area contributed by atoms with Gasteiger partial charge in [-0.3, -0.25) is 0 Å². The normalized spacial score (nSPS) is 20.7. The fourth-order valence-corrected chi connectivity index (χ4v) is 5.17. The lowest BCUT2D eigenvalue weighted by Gasteiger charge is -2.27. The van der Waals surface area contributed by atoms with Crippen molar-refractivity contribution in [3.05, 3.63) is 29.4 Å². The molecule has 0 aliphatic heterocycles. The number of amides is 1. The van der Waals surface area contributed by atoms with Crippen molar-refractivity contribution in [2.75, 3.05) is 0 Å². The number of nitrogens with two attached hydrogens (primary N) is 1. The molecular weight excluding hydrogens is 378 g/mol. The van der Waals surface area contributed by atoms with Crippen LogP contribution in [0.2, 0.25) is 0 Å². The number of aromatic nitrogens is 1. The molecule has 0 spiro atoms. The van der Waals surface area contributed by atoms with Gasteiger partial charge in [0.2, 0.25) is 10.0 Å². The number of phenols is 1. The first kappa shape index (κ1) is 18.6. The smallest absolute Gasteiger partial charge is 0.404 e. The van der Waals surface area contributed by atoms with Crippen LogP contribution >= 0.6 is 11.3 Å². The zero-order chi connectivity index (χ0) is 18.9. The van der Waals surface area contributed by atoms with Crippen LogP contribution in [0.15, 0.2) is 29.3 Å². The van der Waals surface area contributed by atoms with Gasteiger partial charge in [-0.25, -0.2) is 23.3 Å². The average Bonchev–Trinajstić information content (AvgIpc) is 3.04. The minimum atomic E-state index is -3.98. The summed E-state index contributed by atoms with van der Waals surface area (Å²) >= 11 is 1.39. The number of phenolic OH excluding ortho intramolecular Hbond substituents is 1. The minimum absolute atomic E-state index is 0.0331. The summed E-state index contributed by atoms with van der Waals surface area (Å²) in [6.45, 7) is 0. The molecule has 1 aliphatic carbocycles. The Balaban J connectivity index is 1.81. The Labute approximate surface area is 154 Å². The summed E-state index contributed by atoms with van der Waals surface area (Å²) in [7, 11) is -3.98. The number of nitrogens with one attached hydrogen (secondary N) is 1. The van der Waals surface area contributed by atoms with Gasteiger partial charge in [-0.15, -0.1) is 11.3 Å². The number of aromatic hydroxyl groups is 1. The number of hydrogen-bond donors (Lipinski definition) is 4. The monoisotopic (exact) mass is 397 g/mol. The quantitative estimate of drug-likeness (QED) is 0.624. The molecule has 1 aromatic heterocycles. The van der Waals surface area contributed by atoms with E-state index in [0.29, 0.717) is 10.4 Å². The number of carbonyl (C=O) groups is 1. The van der Waals surface area contributed by atoms with Crippen LogP contribution in [0.3, 0.4) is 0 Å². The maximum absolute atomic E-state index is 11.8. The standard InChI is InChI=1S/C16H19N3O5S2/c17-26(23,24)14-7-11(20)5-6-12(14)13-8-18-15(25-13)9-1-3-10(4-2-9)19-16(21)22/h5-10,19-20H,1-4H2,(H,21,22)(H2,17,23,24). The van der Waals surface area contributed by atoms with Crippen molar-refractivity contribution in [1.29, 1.82) is 0 Å². The molecule has 10 heteroatoms. The zero-order valence-corrected chi connectivity index (χ0v) is 15.4. The zero-order valence-electron chi connectivity index (χ0n) is 13.8. The van der Waals surface area contributed by atoms with Gasteiger partial charge in [0, 0.05) is 29.8 Å². The van der Waals surface area contributed by atoms with Gasteiger partial charge in [0.25, 0.3) is 0 Å². The van der Waals surface area contributed by atoms with E-state index in [-0.39, 0.29) is 22.6 Å². The molecule has 1 amide bonds. The van der Waals surface area contributed by atoms with E-state index in [1.807, 2.05) is 0 Å². The molecule has 26 heavy (non-hydrogen) atoms. The highest BCUT2D eigenvalue weighted by molar-refractivity contribution is 7.89. The molecule has 2 aromatic rings. The molecule has 1 fully saturated rings. The Bertz CT molecular complexity index is 918. The largest absolute Gasteiger partial charge is 0.508 e. The van der Waals surface area contributed by atoms with E-state index in [9.17, 15) is 18.3 Å². The topological polar surface area (TPSA) is 143 Å². The SMILES string of the molecule is NS(=O)(=O)c1cc(O)ccc1-c1cnc(C2CCC(NC(=O)O)CC2)s1. The van der Waals surface area contributed by atoms with Crippen molar-refractivity contribution in [3.63, 3.8) is 0 Å². The summed E-state index contributed by atoms with van der Waals surface area (Å²) < 4.78 is 23.6. The van der Waals surface area contributed by atoms with Gasteiger partial charge >= 0.3 is 6.09 Å². The first-order valence-corrected chi connectivity index (χ1v) is 10.4. The lowest BCUT2D eigenvalue weighted by Crippen LogP contribution is -2.36. The number of sulfonamides is 1. The van der Waals surface area contributed by atoms with Crippen LogP contribution in [0.25, 0.3) is 10.4 Å². The predicted molar refractivity (Wildman–Crippen MR) is 96.7 cm³/mol. The van der Waals surface area contributed by atoms with Crippen molar-refractivity contribution < 1.29 is 23.4 Å². The highest BCUT2D eigenvalue weighted by Gasteiger charge is 2.26.